The standard InChI is InChI=1S/C12H19N3S/c1-7(2)15-11(6-14-12(15)13)10-5-8(3)16-9(10)4/h5,7,11H,6H2,1-4H3,(H2,13,14). The van der Waals surface area contributed by atoms with Gasteiger partial charge in [0, 0.05) is 15.8 Å². The van der Waals surface area contributed by atoms with Crippen LogP contribution in [-0.4, -0.2) is 23.4 Å². The van der Waals surface area contributed by atoms with Gasteiger partial charge in [0.05, 0.1) is 12.6 Å². The molecule has 3 nitrogen and oxygen atoms in total. The molecule has 1 aliphatic heterocycles. The van der Waals surface area contributed by atoms with Gasteiger partial charge in [-0.1, -0.05) is 0 Å². The first-order valence-electron chi connectivity index (χ1n) is 5.66. The maximum Gasteiger partial charge on any atom is 0.192 e. The molecule has 1 aliphatic rings. The molecule has 1 aromatic rings. The number of hydrogen-bond donors (Lipinski definition) is 1. The normalized spacial score (nSPS) is 20.7. The van der Waals surface area contributed by atoms with Crippen molar-refractivity contribution in [1.82, 2.24) is 4.90 Å². The highest BCUT2D eigenvalue weighted by Crippen LogP contribution is 2.33. The van der Waals surface area contributed by atoms with Crippen molar-refractivity contribution in [1.29, 1.82) is 0 Å². The Morgan fingerprint density at radius 1 is 1.50 bits per heavy atom. The zero-order valence-electron chi connectivity index (χ0n) is 10.3. The topological polar surface area (TPSA) is 41.6 Å². The predicted molar refractivity (Wildman–Crippen MR) is 70.0 cm³/mol. The quantitative estimate of drug-likeness (QED) is 0.858. The first-order valence-corrected chi connectivity index (χ1v) is 6.47. The van der Waals surface area contributed by atoms with Crippen LogP contribution in [-0.2, 0) is 0 Å². The number of nitrogens with zero attached hydrogens (tertiary/aromatic N) is 2. The van der Waals surface area contributed by atoms with Gasteiger partial charge in [0.15, 0.2) is 5.96 Å². The van der Waals surface area contributed by atoms with Crippen molar-refractivity contribution in [3.05, 3.63) is 21.4 Å². The van der Waals surface area contributed by atoms with Crippen LogP contribution in [0.2, 0.25) is 0 Å². The molecule has 88 valence electrons. The van der Waals surface area contributed by atoms with E-state index in [9.17, 15) is 0 Å². The largest absolute Gasteiger partial charge is 0.370 e. The monoisotopic (exact) mass is 237 g/mol. The van der Waals surface area contributed by atoms with Gasteiger partial charge in [0.2, 0.25) is 0 Å². The molecule has 2 heterocycles. The number of rotatable bonds is 2. The summed E-state index contributed by atoms with van der Waals surface area (Å²) in [6.45, 7) is 9.45. The van der Waals surface area contributed by atoms with Crippen molar-refractivity contribution < 1.29 is 0 Å². The van der Waals surface area contributed by atoms with E-state index in [4.69, 9.17) is 5.73 Å². The number of guanidine groups is 1. The Bertz CT molecular complexity index is 420. The Kier molecular flexibility index (Phi) is 2.93. The van der Waals surface area contributed by atoms with Gasteiger partial charge in [-0.3, -0.25) is 4.99 Å². The zero-order valence-corrected chi connectivity index (χ0v) is 11.1. The van der Waals surface area contributed by atoms with E-state index in [0.717, 1.165) is 6.54 Å². The Labute approximate surface area is 101 Å². The van der Waals surface area contributed by atoms with Crippen LogP contribution < -0.4 is 5.73 Å². The summed E-state index contributed by atoms with van der Waals surface area (Å²) in [6, 6.07) is 3.01. The molecule has 2 N–H and O–H groups in total. The average Bonchev–Trinajstić information content (AvgIpc) is 2.69. The maximum atomic E-state index is 5.94. The van der Waals surface area contributed by atoms with Crippen LogP contribution in [0.5, 0.6) is 0 Å². The van der Waals surface area contributed by atoms with Crippen LogP contribution >= 0.6 is 11.3 Å². The van der Waals surface area contributed by atoms with Crippen LogP contribution in [0.1, 0.15) is 35.2 Å². The van der Waals surface area contributed by atoms with Crippen molar-refractivity contribution >= 4 is 17.3 Å². The molecule has 0 aromatic carbocycles. The summed E-state index contributed by atoms with van der Waals surface area (Å²) in [6.07, 6.45) is 0. The van der Waals surface area contributed by atoms with Gasteiger partial charge in [-0.15, -0.1) is 11.3 Å². The molecule has 0 saturated heterocycles. The first kappa shape index (κ1) is 11.5. The molecule has 0 radical (unpaired) electrons. The highest BCUT2D eigenvalue weighted by atomic mass is 32.1. The Hall–Kier alpha value is -1.03. The lowest BCUT2D eigenvalue weighted by Gasteiger charge is -2.30. The zero-order chi connectivity index (χ0) is 11.9. The Morgan fingerprint density at radius 3 is 2.69 bits per heavy atom. The second kappa shape index (κ2) is 4.09. The fourth-order valence-corrected chi connectivity index (χ4v) is 3.34. The lowest BCUT2D eigenvalue weighted by molar-refractivity contribution is 0.290. The van der Waals surface area contributed by atoms with Crippen LogP contribution in [0, 0.1) is 13.8 Å². The van der Waals surface area contributed by atoms with Crippen molar-refractivity contribution in [3.63, 3.8) is 0 Å². The molecule has 0 amide bonds. The molecule has 0 aliphatic carbocycles. The summed E-state index contributed by atoms with van der Waals surface area (Å²) in [4.78, 5) is 9.34. The van der Waals surface area contributed by atoms with Gasteiger partial charge in [-0.25, -0.2) is 0 Å². The molecule has 1 aromatic heterocycles. The lowest BCUT2D eigenvalue weighted by Crippen LogP contribution is -2.41. The number of aliphatic imine (C=N–C) groups is 1. The Balaban J connectivity index is 2.32. The van der Waals surface area contributed by atoms with Crippen LogP contribution in [0.25, 0.3) is 0 Å². The van der Waals surface area contributed by atoms with Gasteiger partial charge in [-0.05, 0) is 39.3 Å². The fourth-order valence-electron chi connectivity index (χ4n) is 2.36. The van der Waals surface area contributed by atoms with Gasteiger partial charge < -0.3 is 10.6 Å². The molecule has 16 heavy (non-hydrogen) atoms. The number of nitrogens with two attached hydrogens (primary N) is 1. The molecule has 0 saturated carbocycles. The van der Waals surface area contributed by atoms with Gasteiger partial charge in [0.25, 0.3) is 0 Å². The van der Waals surface area contributed by atoms with Crippen molar-refractivity contribution in [2.24, 2.45) is 10.7 Å². The summed E-state index contributed by atoms with van der Waals surface area (Å²) >= 11 is 1.85. The molecule has 0 bridgehead atoms. The van der Waals surface area contributed by atoms with E-state index in [-0.39, 0.29) is 0 Å². The average molecular weight is 237 g/mol. The molecule has 1 unspecified atom stereocenters. The molecule has 0 fully saturated rings. The summed E-state index contributed by atoms with van der Waals surface area (Å²) < 4.78 is 0. The third-order valence-corrected chi connectivity index (χ3v) is 4.00. The van der Waals surface area contributed by atoms with Crippen molar-refractivity contribution in [2.45, 2.75) is 39.8 Å². The first-order chi connectivity index (χ1) is 7.50. The summed E-state index contributed by atoms with van der Waals surface area (Å²) in [5.74, 6) is 0.684. The molecular formula is C12H19N3S. The summed E-state index contributed by atoms with van der Waals surface area (Å²) in [5.41, 5.74) is 7.33. The van der Waals surface area contributed by atoms with Gasteiger partial charge in [-0.2, -0.15) is 0 Å². The van der Waals surface area contributed by atoms with Crippen LogP contribution in [0.3, 0.4) is 0 Å². The predicted octanol–water partition coefficient (Wildman–Crippen LogP) is 2.44. The second-order valence-corrected chi connectivity index (χ2v) is 6.04. The summed E-state index contributed by atoms with van der Waals surface area (Å²) in [5, 5.41) is 0. The minimum absolute atomic E-state index is 0.338. The number of aryl methyl sites for hydroxylation is 2. The minimum atomic E-state index is 0.338. The molecule has 1 atom stereocenters. The second-order valence-electron chi connectivity index (χ2n) is 4.58. The third-order valence-electron chi connectivity index (χ3n) is 3.02. The molecule has 0 spiro atoms. The molecular weight excluding hydrogens is 218 g/mol. The van der Waals surface area contributed by atoms with Crippen LogP contribution in [0.15, 0.2) is 11.1 Å². The molecule has 4 heteroatoms. The van der Waals surface area contributed by atoms with E-state index in [1.54, 1.807) is 0 Å². The third kappa shape index (κ3) is 1.82. The molecule has 2 rings (SSSR count). The Morgan fingerprint density at radius 2 is 2.19 bits per heavy atom. The fraction of sp³-hybridized carbons (Fsp3) is 0.583. The van der Waals surface area contributed by atoms with E-state index < -0.39 is 0 Å². The van der Waals surface area contributed by atoms with Gasteiger partial charge >= 0.3 is 0 Å². The van der Waals surface area contributed by atoms with E-state index in [2.05, 4.69) is 43.7 Å². The van der Waals surface area contributed by atoms with Crippen molar-refractivity contribution in [3.8, 4) is 0 Å². The van der Waals surface area contributed by atoms with E-state index in [1.807, 2.05) is 11.3 Å². The minimum Gasteiger partial charge on any atom is -0.370 e. The smallest absolute Gasteiger partial charge is 0.192 e. The van der Waals surface area contributed by atoms with Gasteiger partial charge in [0.1, 0.15) is 0 Å². The van der Waals surface area contributed by atoms with E-state index >= 15 is 0 Å². The number of hydrogen-bond acceptors (Lipinski definition) is 4. The van der Waals surface area contributed by atoms with Crippen LogP contribution in [0.4, 0.5) is 0 Å². The number of thiophene rings is 1. The lowest BCUT2D eigenvalue weighted by atomic mass is 10.1. The highest BCUT2D eigenvalue weighted by molar-refractivity contribution is 7.12. The highest BCUT2D eigenvalue weighted by Gasteiger charge is 2.30. The van der Waals surface area contributed by atoms with E-state index in [1.165, 1.54) is 15.3 Å². The SMILES string of the molecule is Cc1cc(C2CN=C(N)N2C(C)C)c(C)s1. The van der Waals surface area contributed by atoms with E-state index in [0.29, 0.717) is 18.0 Å². The van der Waals surface area contributed by atoms with Crippen molar-refractivity contribution in [2.75, 3.05) is 6.54 Å². The summed E-state index contributed by atoms with van der Waals surface area (Å²) in [7, 11) is 0. The maximum absolute atomic E-state index is 5.94.